The molecule has 8 heteroatoms. The van der Waals surface area contributed by atoms with Crippen LogP contribution >= 0.6 is 35.4 Å². The average Bonchev–Trinajstić information content (AvgIpc) is 3.19. The fourth-order valence-corrected chi connectivity index (χ4v) is 4.46. The zero-order chi connectivity index (χ0) is 22.3. The van der Waals surface area contributed by atoms with Crippen LogP contribution in [0.3, 0.4) is 0 Å². The Kier molecular flexibility index (Phi) is 7.81. The lowest BCUT2D eigenvalue weighted by Gasteiger charge is -2.31. The number of hydrogen-bond donors (Lipinski definition) is 2. The second-order valence-corrected chi connectivity index (χ2v) is 8.75. The summed E-state index contributed by atoms with van der Waals surface area (Å²) in [4.78, 5) is 2.37. The molecular weight excluding hydrogens is 463 g/mol. The average molecular weight is 487 g/mol. The predicted octanol–water partition coefficient (Wildman–Crippen LogP) is 5.73. The van der Waals surface area contributed by atoms with Crippen molar-refractivity contribution in [3.05, 3.63) is 81.0 Å². The third kappa shape index (κ3) is 5.90. The first kappa shape index (κ1) is 22.8. The highest BCUT2D eigenvalue weighted by Gasteiger charge is 2.25. The molecule has 2 aromatic carbocycles. The summed E-state index contributed by atoms with van der Waals surface area (Å²) in [5, 5.41) is 9.24. The summed E-state index contributed by atoms with van der Waals surface area (Å²) in [7, 11) is 0. The van der Waals surface area contributed by atoms with Crippen LogP contribution in [0.4, 0.5) is 5.69 Å². The maximum absolute atomic E-state index is 6.43. The van der Waals surface area contributed by atoms with E-state index in [0.29, 0.717) is 28.4 Å². The van der Waals surface area contributed by atoms with E-state index in [9.17, 15) is 0 Å². The highest BCUT2D eigenvalue weighted by atomic mass is 35.5. The lowest BCUT2D eigenvalue weighted by atomic mass is 10.1. The van der Waals surface area contributed by atoms with Gasteiger partial charge in [-0.3, -0.25) is 5.43 Å². The minimum Gasteiger partial charge on any atom is -0.378 e. The first-order valence-electron chi connectivity index (χ1n) is 10.5. The third-order valence-electron chi connectivity index (χ3n) is 5.31. The molecule has 0 bridgehead atoms. The van der Waals surface area contributed by atoms with Gasteiger partial charge in [-0.15, -0.1) is 0 Å². The number of halogens is 2. The first-order chi connectivity index (χ1) is 15.6. The number of rotatable bonds is 5. The number of anilines is 1. The summed E-state index contributed by atoms with van der Waals surface area (Å²) in [6, 6.07) is 15.4. The van der Waals surface area contributed by atoms with Gasteiger partial charge in [0, 0.05) is 34.5 Å². The summed E-state index contributed by atoms with van der Waals surface area (Å²) in [6.45, 7) is 3.12. The second kappa shape index (κ2) is 11.0. The first-order valence-corrected chi connectivity index (χ1v) is 11.6. The van der Waals surface area contributed by atoms with Gasteiger partial charge < -0.3 is 15.0 Å². The Morgan fingerprint density at radius 2 is 1.84 bits per heavy atom. The third-order valence-corrected chi connectivity index (χ3v) is 6.07. The minimum atomic E-state index is 0.447. The van der Waals surface area contributed by atoms with E-state index in [1.165, 1.54) is 16.8 Å². The zero-order valence-electron chi connectivity index (χ0n) is 17.5. The number of para-hydroxylation sites is 1. The lowest BCUT2D eigenvalue weighted by molar-refractivity contribution is 0.0548. The molecule has 2 aromatic rings. The van der Waals surface area contributed by atoms with Crippen molar-refractivity contribution in [2.24, 2.45) is 5.10 Å². The van der Waals surface area contributed by atoms with Gasteiger partial charge in [0.05, 0.1) is 19.4 Å². The number of nitrogens with zero attached hydrogens (tertiary/aromatic N) is 2. The van der Waals surface area contributed by atoms with E-state index in [0.717, 1.165) is 37.2 Å². The molecule has 1 fully saturated rings. The van der Waals surface area contributed by atoms with E-state index in [-0.39, 0.29) is 0 Å². The molecule has 0 saturated carbocycles. The van der Waals surface area contributed by atoms with Gasteiger partial charge in [0.15, 0.2) is 5.11 Å². The molecule has 0 radical (unpaired) electrons. The Morgan fingerprint density at radius 3 is 2.59 bits per heavy atom. The van der Waals surface area contributed by atoms with E-state index in [1.54, 1.807) is 6.07 Å². The van der Waals surface area contributed by atoms with E-state index in [4.69, 9.17) is 40.2 Å². The quantitative estimate of drug-likeness (QED) is 0.321. The SMILES string of the molecule is S=C(N/N=C\C1=C(N2CCOCC2)C(=C/c2ccc(Cl)cc2Cl)/CC1)Nc1ccccc1. The molecule has 166 valence electrons. The van der Waals surface area contributed by atoms with Crippen molar-refractivity contribution in [2.75, 3.05) is 31.6 Å². The van der Waals surface area contributed by atoms with Crippen LogP contribution in [0.25, 0.3) is 6.08 Å². The van der Waals surface area contributed by atoms with Crippen LogP contribution in [-0.4, -0.2) is 42.5 Å². The lowest BCUT2D eigenvalue weighted by Crippen LogP contribution is -2.36. The van der Waals surface area contributed by atoms with Gasteiger partial charge in [-0.05, 0) is 72.1 Å². The fourth-order valence-electron chi connectivity index (χ4n) is 3.83. The van der Waals surface area contributed by atoms with Crippen LogP contribution in [0.15, 0.2) is 70.5 Å². The predicted molar refractivity (Wildman–Crippen MR) is 137 cm³/mol. The number of hydrogen-bond acceptors (Lipinski definition) is 4. The largest absolute Gasteiger partial charge is 0.378 e. The monoisotopic (exact) mass is 486 g/mol. The smallest absolute Gasteiger partial charge is 0.191 e. The molecule has 1 heterocycles. The maximum Gasteiger partial charge on any atom is 0.191 e. The van der Waals surface area contributed by atoms with Crippen LogP contribution in [-0.2, 0) is 4.74 Å². The van der Waals surface area contributed by atoms with Gasteiger partial charge in [0.25, 0.3) is 0 Å². The van der Waals surface area contributed by atoms with Crippen molar-refractivity contribution in [3.63, 3.8) is 0 Å². The Bertz CT molecular complexity index is 1060. The summed E-state index contributed by atoms with van der Waals surface area (Å²) >= 11 is 17.8. The van der Waals surface area contributed by atoms with Crippen molar-refractivity contribution in [2.45, 2.75) is 12.8 Å². The zero-order valence-corrected chi connectivity index (χ0v) is 19.8. The van der Waals surface area contributed by atoms with Crippen LogP contribution in [0.2, 0.25) is 10.0 Å². The molecule has 2 aliphatic rings. The topological polar surface area (TPSA) is 48.9 Å². The van der Waals surface area contributed by atoms with Crippen molar-refractivity contribution >= 4 is 58.5 Å². The Balaban J connectivity index is 1.54. The van der Waals surface area contributed by atoms with Gasteiger partial charge in [-0.25, -0.2) is 0 Å². The Morgan fingerprint density at radius 1 is 1.06 bits per heavy atom. The molecule has 0 aromatic heterocycles. The molecule has 0 unspecified atom stereocenters. The van der Waals surface area contributed by atoms with E-state index in [1.807, 2.05) is 48.7 Å². The van der Waals surface area contributed by atoms with Crippen molar-refractivity contribution in [1.29, 1.82) is 0 Å². The molecule has 5 nitrogen and oxygen atoms in total. The van der Waals surface area contributed by atoms with Crippen molar-refractivity contribution in [3.8, 4) is 0 Å². The molecule has 0 atom stereocenters. The van der Waals surface area contributed by atoms with Crippen LogP contribution in [0.5, 0.6) is 0 Å². The van der Waals surface area contributed by atoms with E-state index >= 15 is 0 Å². The highest BCUT2D eigenvalue weighted by molar-refractivity contribution is 7.80. The van der Waals surface area contributed by atoms with Gasteiger partial charge in [-0.2, -0.15) is 5.10 Å². The summed E-state index contributed by atoms with van der Waals surface area (Å²) < 4.78 is 5.56. The summed E-state index contributed by atoms with van der Waals surface area (Å²) in [5.41, 5.74) is 8.40. The van der Waals surface area contributed by atoms with E-state index in [2.05, 4.69) is 26.8 Å². The standard InChI is InChI=1S/C24H24Cl2N4OS/c25-20-9-8-17(22(26)15-20)14-18-6-7-19(23(18)30-10-12-31-13-11-30)16-27-29-24(32)28-21-4-2-1-3-5-21/h1-5,8-9,14-16H,6-7,10-13H2,(H2,28,29,32)/b18-14+,27-16-. The van der Waals surface area contributed by atoms with Crippen LogP contribution in [0.1, 0.15) is 18.4 Å². The van der Waals surface area contributed by atoms with Gasteiger partial charge in [-0.1, -0.05) is 47.5 Å². The Hall–Kier alpha value is -2.38. The molecule has 32 heavy (non-hydrogen) atoms. The van der Waals surface area contributed by atoms with Crippen molar-refractivity contribution in [1.82, 2.24) is 10.3 Å². The maximum atomic E-state index is 6.43. The molecular formula is C24H24Cl2N4OS. The van der Waals surface area contributed by atoms with Gasteiger partial charge >= 0.3 is 0 Å². The second-order valence-electron chi connectivity index (χ2n) is 7.50. The Labute approximate surface area is 203 Å². The molecule has 1 saturated heterocycles. The number of thiocarbonyl (C=S) groups is 1. The summed E-state index contributed by atoms with van der Waals surface area (Å²) in [6.07, 6.45) is 5.83. The number of benzene rings is 2. The molecule has 1 aliphatic heterocycles. The minimum absolute atomic E-state index is 0.447. The molecule has 0 spiro atoms. The molecule has 4 rings (SSSR count). The van der Waals surface area contributed by atoms with Gasteiger partial charge in [0.1, 0.15) is 0 Å². The number of hydrazone groups is 1. The summed E-state index contributed by atoms with van der Waals surface area (Å²) in [5.74, 6) is 0. The molecule has 0 amide bonds. The molecule has 1 aliphatic carbocycles. The molecule has 2 N–H and O–H groups in total. The number of nitrogens with one attached hydrogen (secondary N) is 2. The van der Waals surface area contributed by atoms with Gasteiger partial charge in [0.2, 0.25) is 0 Å². The number of allylic oxidation sites excluding steroid dienone is 2. The van der Waals surface area contributed by atoms with Crippen molar-refractivity contribution < 1.29 is 4.74 Å². The van der Waals surface area contributed by atoms with Crippen LogP contribution in [0, 0.1) is 0 Å². The van der Waals surface area contributed by atoms with E-state index < -0.39 is 0 Å². The number of ether oxygens (including phenoxy) is 1. The highest BCUT2D eigenvalue weighted by Crippen LogP contribution is 2.36. The van der Waals surface area contributed by atoms with Crippen LogP contribution < -0.4 is 10.7 Å². The normalized spacial score (nSPS) is 17.9. The number of morpholine rings is 1. The fraction of sp³-hybridized carbons (Fsp3) is 0.250.